The molecule has 0 atom stereocenters. The molecule has 0 heterocycles. The van der Waals surface area contributed by atoms with E-state index in [1.165, 1.54) is 18.2 Å². The molecule has 0 aliphatic carbocycles. The van der Waals surface area contributed by atoms with Crippen molar-refractivity contribution in [3.63, 3.8) is 0 Å². The van der Waals surface area contributed by atoms with Crippen LogP contribution in [0, 0.1) is 10.5 Å². The quantitative estimate of drug-likeness (QED) is 0.784. The van der Waals surface area contributed by atoms with Crippen LogP contribution in [-0.2, 0) is 10.0 Å². The third kappa shape index (κ3) is 3.34. The highest BCUT2D eigenvalue weighted by atomic mass is 127. The van der Waals surface area contributed by atoms with Crippen molar-refractivity contribution < 1.29 is 26.4 Å². The number of aryl methyl sites for hydroxylation is 1. The SMILES string of the molecule is Cc1cc(C(=O)NS(=O)(=O)C(F)(F)F)ccc1I. The summed E-state index contributed by atoms with van der Waals surface area (Å²) in [5.74, 6) is -1.31. The molecule has 1 aromatic carbocycles. The lowest BCUT2D eigenvalue weighted by atomic mass is 10.1. The molecule has 0 saturated heterocycles. The molecule has 1 aromatic rings. The maximum atomic E-state index is 12.0. The minimum absolute atomic E-state index is 0.152. The molecule has 0 fully saturated rings. The molecule has 4 nitrogen and oxygen atoms in total. The summed E-state index contributed by atoms with van der Waals surface area (Å²) in [5.41, 5.74) is -5.01. The van der Waals surface area contributed by atoms with Gasteiger partial charge in [-0.15, -0.1) is 0 Å². The molecule has 0 unspecified atom stereocenters. The summed E-state index contributed by atoms with van der Waals surface area (Å²) in [4.78, 5) is 11.4. The van der Waals surface area contributed by atoms with Crippen LogP contribution in [0.2, 0.25) is 0 Å². The van der Waals surface area contributed by atoms with Gasteiger partial charge in [0.15, 0.2) is 0 Å². The maximum absolute atomic E-state index is 12.0. The number of sulfonamides is 1. The first-order valence-corrected chi connectivity index (χ1v) is 7.00. The second-order valence-electron chi connectivity index (χ2n) is 3.34. The zero-order valence-corrected chi connectivity index (χ0v) is 11.9. The molecule has 100 valence electrons. The van der Waals surface area contributed by atoms with Crippen molar-refractivity contribution in [2.75, 3.05) is 0 Å². The summed E-state index contributed by atoms with van der Waals surface area (Å²) >= 11 is 1.98. The van der Waals surface area contributed by atoms with Crippen molar-refractivity contribution in [3.8, 4) is 0 Å². The Morgan fingerprint density at radius 2 is 1.89 bits per heavy atom. The summed E-state index contributed by atoms with van der Waals surface area (Å²) in [6, 6.07) is 4.06. The standard InChI is InChI=1S/C9H7F3INO3S/c1-5-4-6(2-3-7(5)13)8(15)14-18(16,17)9(10,11)12/h2-4H,1H3,(H,14,15). The van der Waals surface area contributed by atoms with Crippen molar-refractivity contribution in [2.24, 2.45) is 0 Å². The number of amides is 1. The third-order valence-electron chi connectivity index (χ3n) is 1.95. The van der Waals surface area contributed by atoms with E-state index in [0.717, 1.165) is 8.29 Å². The number of alkyl halides is 3. The number of hydrogen-bond donors (Lipinski definition) is 1. The Labute approximate surface area is 115 Å². The Morgan fingerprint density at radius 3 is 2.33 bits per heavy atom. The lowest BCUT2D eigenvalue weighted by Gasteiger charge is -2.09. The summed E-state index contributed by atoms with van der Waals surface area (Å²) in [6.07, 6.45) is 0. The number of carbonyl (C=O) groups excluding carboxylic acids is 1. The first kappa shape index (κ1) is 15.2. The van der Waals surface area contributed by atoms with Gasteiger partial charge in [-0.2, -0.15) is 21.6 Å². The minimum Gasteiger partial charge on any atom is -0.268 e. The number of nitrogens with one attached hydrogen (secondary N) is 1. The van der Waals surface area contributed by atoms with Gasteiger partial charge in [-0.05, 0) is 53.3 Å². The van der Waals surface area contributed by atoms with Gasteiger partial charge in [0, 0.05) is 9.13 Å². The van der Waals surface area contributed by atoms with E-state index in [2.05, 4.69) is 0 Å². The molecule has 0 aromatic heterocycles. The van der Waals surface area contributed by atoms with Gasteiger partial charge in [0.25, 0.3) is 5.91 Å². The Balaban J connectivity index is 3.00. The smallest absolute Gasteiger partial charge is 0.268 e. The van der Waals surface area contributed by atoms with Gasteiger partial charge in [0.05, 0.1) is 0 Å². The van der Waals surface area contributed by atoms with E-state index in [4.69, 9.17) is 0 Å². The van der Waals surface area contributed by atoms with Gasteiger partial charge in [-0.3, -0.25) is 4.79 Å². The molecule has 0 radical (unpaired) electrons. The predicted molar refractivity (Wildman–Crippen MR) is 66.3 cm³/mol. The second kappa shape index (κ2) is 5.03. The Morgan fingerprint density at radius 1 is 1.33 bits per heavy atom. The van der Waals surface area contributed by atoms with Gasteiger partial charge in [0.1, 0.15) is 0 Å². The number of carbonyl (C=O) groups is 1. The topological polar surface area (TPSA) is 63.2 Å². The van der Waals surface area contributed by atoms with Gasteiger partial charge in [-0.25, -0.2) is 4.72 Å². The number of halogens is 4. The fourth-order valence-electron chi connectivity index (χ4n) is 1.02. The van der Waals surface area contributed by atoms with Crippen LogP contribution in [0.3, 0.4) is 0 Å². The Bertz CT molecular complexity index is 583. The second-order valence-corrected chi connectivity index (χ2v) is 6.18. The minimum atomic E-state index is -5.67. The number of hydrogen-bond acceptors (Lipinski definition) is 3. The zero-order valence-electron chi connectivity index (χ0n) is 8.88. The zero-order chi connectivity index (χ0) is 14.1. The molecule has 0 aliphatic heterocycles. The first-order valence-electron chi connectivity index (χ1n) is 4.44. The normalized spacial score (nSPS) is 12.3. The Hall–Kier alpha value is -0.840. The fourth-order valence-corrected chi connectivity index (χ4v) is 1.84. The van der Waals surface area contributed by atoms with Gasteiger partial charge < -0.3 is 0 Å². The van der Waals surface area contributed by atoms with E-state index in [1.54, 1.807) is 6.92 Å². The van der Waals surface area contributed by atoms with E-state index in [-0.39, 0.29) is 5.56 Å². The van der Waals surface area contributed by atoms with Crippen molar-refractivity contribution in [2.45, 2.75) is 12.4 Å². The summed E-state index contributed by atoms with van der Waals surface area (Å²) in [5, 5.41) is 0. The summed E-state index contributed by atoms with van der Waals surface area (Å²) < 4.78 is 59.4. The van der Waals surface area contributed by atoms with Crippen molar-refractivity contribution in [3.05, 3.63) is 32.9 Å². The first-order chi connectivity index (χ1) is 8.04. The predicted octanol–water partition coefficient (Wildman–Crippen LogP) is 2.18. The van der Waals surface area contributed by atoms with Crippen molar-refractivity contribution in [1.82, 2.24) is 4.72 Å². The monoisotopic (exact) mass is 393 g/mol. The molecule has 0 bridgehead atoms. The molecule has 0 spiro atoms. The number of rotatable bonds is 2. The van der Waals surface area contributed by atoms with E-state index >= 15 is 0 Å². The molecular weight excluding hydrogens is 386 g/mol. The largest absolute Gasteiger partial charge is 0.516 e. The van der Waals surface area contributed by atoms with E-state index < -0.39 is 21.4 Å². The lowest BCUT2D eigenvalue weighted by Crippen LogP contribution is -2.40. The molecule has 18 heavy (non-hydrogen) atoms. The van der Waals surface area contributed by atoms with Crippen LogP contribution < -0.4 is 4.72 Å². The maximum Gasteiger partial charge on any atom is 0.516 e. The van der Waals surface area contributed by atoms with E-state index in [9.17, 15) is 26.4 Å². The highest BCUT2D eigenvalue weighted by Gasteiger charge is 2.47. The van der Waals surface area contributed by atoms with Gasteiger partial charge >= 0.3 is 15.5 Å². The lowest BCUT2D eigenvalue weighted by molar-refractivity contribution is -0.0446. The van der Waals surface area contributed by atoms with Crippen LogP contribution in [0.25, 0.3) is 0 Å². The molecule has 0 saturated carbocycles. The van der Waals surface area contributed by atoms with E-state index in [0.29, 0.717) is 5.56 Å². The summed E-state index contributed by atoms with van der Waals surface area (Å²) in [6.45, 7) is 1.65. The molecule has 1 N–H and O–H groups in total. The van der Waals surface area contributed by atoms with Crippen LogP contribution in [0.4, 0.5) is 13.2 Å². The van der Waals surface area contributed by atoms with Crippen LogP contribution in [0.5, 0.6) is 0 Å². The highest BCUT2D eigenvalue weighted by Crippen LogP contribution is 2.22. The molecule has 9 heteroatoms. The van der Waals surface area contributed by atoms with E-state index in [1.807, 2.05) is 22.6 Å². The van der Waals surface area contributed by atoms with Crippen LogP contribution in [0.15, 0.2) is 18.2 Å². The Kier molecular flexibility index (Phi) is 4.26. The fraction of sp³-hybridized carbons (Fsp3) is 0.222. The van der Waals surface area contributed by atoms with Gasteiger partial charge in [0.2, 0.25) is 0 Å². The molecule has 1 rings (SSSR count). The molecule has 1 amide bonds. The average Bonchev–Trinajstić information content (AvgIpc) is 2.19. The van der Waals surface area contributed by atoms with Crippen molar-refractivity contribution >= 4 is 38.5 Å². The molecular formula is C9H7F3INO3S. The highest BCUT2D eigenvalue weighted by molar-refractivity contribution is 14.1. The third-order valence-corrected chi connectivity index (χ3v) is 4.23. The van der Waals surface area contributed by atoms with Crippen LogP contribution in [-0.4, -0.2) is 19.8 Å². The average molecular weight is 393 g/mol. The van der Waals surface area contributed by atoms with Gasteiger partial charge in [-0.1, -0.05) is 0 Å². The number of benzene rings is 1. The van der Waals surface area contributed by atoms with Crippen LogP contribution in [0.1, 0.15) is 15.9 Å². The van der Waals surface area contributed by atoms with Crippen molar-refractivity contribution in [1.29, 1.82) is 0 Å². The molecule has 0 aliphatic rings. The summed E-state index contributed by atoms with van der Waals surface area (Å²) in [7, 11) is -5.67. The van der Waals surface area contributed by atoms with Crippen LogP contribution >= 0.6 is 22.6 Å².